The molecule has 3 nitrogen and oxygen atoms in total. The van der Waals surface area contributed by atoms with Crippen LogP contribution in [0, 0.1) is 6.92 Å². The second-order valence-electron chi connectivity index (χ2n) is 4.91. The minimum absolute atomic E-state index is 0.252. The summed E-state index contributed by atoms with van der Waals surface area (Å²) in [5.74, 6) is -0.440. The van der Waals surface area contributed by atoms with Gasteiger partial charge >= 0.3 is 5.97 Å². The highest BCUT2D eigenvalue weighted by Crippen LogP contribution is 2.22. The minimum Gasteiger partial charge on any atom is -0.478 e. The van der Waals surface area contributed by atoms with Crippen LogP contribution in [0.15, 0.2) is 36.4 Å². The van der Waals surface area contributed by atoms with Crippen molar-refractivity contribution in [1.29, 1.82) is 0 Å². The molecule has 0 amide bonds. The Morgan fingerprint density at radius 3 is 2.21 bits per heavy atom. The van der Waals surface area contributed by atoms with Gasteiger partial charge in [0.05, 0.1) is 17.0 Å². The van der Waals surface area contributed by atoms with Gasteiger partial charge in [0.15, 0.2) is 0 Å². The molecule has 1 aromatic carbocycles. The van der Waals surface area contributed by atoms with E-state index in [4.69, 9.17) is 5.11 Å². The molecule has 0 unspecified atom stereocenters. The summed E-state index contributed by atoms with van der Waals surface area (Å²) in [6, 6.07) is 11.6. The smallest absolute Gasteiger partial charge is 0.337 e. The lowest BCUT2D eigenvalue weighted by molar-refractivity contribution is 0.0695. The van der Waals surface area contributed by atoms with Crippen molar-refractivity contribution >= 4 is 5.97 Å². The number of aromatic nitrogens is 1. The van der Waals surface area contributed by atoms with Crippen molar-refractivity contribution in [2.75, 3.05) is 0 Å². The van der Waals surface area contributed by atoms with E-state index in [1.807, 2.05) is 12.1 Å². The number of nitrogens with zero attached hydrogens (tertiary/aromatic N) is 1. The van der Waals surface area contributed by atoms with E-state index in [0.717, 1.165) is 11.3 Å². The van der Waals surface area contributed by atoms with E-state index >= 15 is 0 Å². The number of hydrogen-bond acceptors (Lipinski definition) is 2. The fourth-order valence-corrected chi connectivity index (χ4v) is 1.99. The Balaban J connectivity index is 2.37. The Kier molecular flexibility index (Phi) is 3.65. The third kappa shape index (κ3) is 2.81. The summed E-state index contributed by atoms with van der Waals surface area (Å²) in [6.45, 7) is 6.02. The van der Waals surface area contributed by atoms with Crippen molar-refractivity contribution in [1.82, 2.24) is 4.98 Å². The number of rotatable bonds is 3. The molecule has 0 spiro atoms. The molecule has 0 saturated carbocycles. The van der Waals surface area contributed by atoms with Gasteiger partial charge in [-0.1, -0.05) is 38.1 Å². The summed E-state index contributed by atoms with van der Waals surface area (Å²) >= 11 is 0. The lowest BCUT2D eigenvalue weighted by Crippen LogP contribution is -2.02. The van der Waals surface area contributed by atoms with E-state index in [1.165, 1.54) is 5.56 Å². The van der Waals surface area contributed by atoms with Gasteiger partial charge in [0.2, 0.25) is 0 Å². The molecule has 0 aliphatic carbocycles. The lowest BCUT2D eigenvalue weighted by atomic mass is 10.0. The van der Waals surface area contributed by atoms with Crippen LogP contribution in [-0.4, -0.2) is 16.1 Å². The molecule has 2 aromatic rings. The summed E-state index contributed by atoms with van der Waals surface area (Å²) in [5, 5.41) is 8.98. The first-order chi connectivity index (χ1) is 8.99. The van der Waals surface area contributed by atoms with Crippen LogP contribution in [0.5, 0.6) is 0 Å². The van der Waals surface area contributed by atoms with Crippen LogP contribution in [0.1, 0.15) is 41.4 Å². The van der Waals surface area contributed by atoms with Crippen molar-refractivity contribution in [3.63, 3.8) is 0 Å². The van der Waals surface area contributed by atoms with Crippen LogP contribution >= 0.6 is 0 Å². The number of aryl methyl sites for hydroxylation is 1. The van der Waals surface area contributed by atoms with E-state index < -0.39 is 5.97 Å². The summed E-state index contributed by atoms with van der Waals surface area (Å²) in [6.07, 6.45) is 0. The van der Waals surface area contributed by atoms with Crippen molar-refractivity contribution in [3.8, 4) is 11.3 Å². The average Bonchev–Trinajstić information content (AvgIpc) is 2.38. The molecule has 0 atom stereocenters. The zero-order chi connectivity index (χ0) is 14.0. The Labute approximate surface area is 112 Å². The van der Waals surface area contributed by atoms with E-state index in [1.54, 1.807) is 19.1 Å². The molecule has 0 radical (unpaired) electrons. The first-order valence-corrected chi connectivity index (χ1v) is 6.30. The van der Waals surface area contributed by atoms with Crippen molar-refractivity contribution < 1.29 is 9.90 Å². The fraction of sp³-hybridized carbons (Fsp3) is 0.250. The van der Waals surface area contributed by atoms with Gasteiger partial charge in [0, 0.05) is 5.56 Å². The van der Waals surface area contributed by atoms with Crippen molar-refractivity contribution in [2.24, 2.45) is 0 Å². The monoisotopic (exact) mass is 255 g/mol. The molecular formula is C16H17NO2. The molecule has 0 fully saturated rings. The predicted molar refractivity (Wildman–Crippen MR) is 75.5 cm³/mol. The minimum atomic E-state index is -0.938. The molecule has 1 aromatic heterocycles. The lowest BCUT2D eigenvalue weighted by Gasteiger charge is -2.08. The number of benzene rings is 1. The number of pyridine rings is 1. The van der Waals surface area contributed by atoms with Gasteiger partial charge in [-0.05, 0) is 30.5 Å². The third-order valence-corrected chi connectivity index (χ3v) is 3.19. The quantitative estimate of drug-likeness (QED) is 0.905. The van der Waals surface area contributed by atoms with E-state index in [9.17, 15) is 4.79 Å². The van der Waals surface area contributed by atoms with Gasteiger partial charge in [0.25, 0.3) is 0 Å². The van der Waals surface area contributed by atoms with E-state index in [0.29, 0.717) is 11.6 Å². The molecule has 0 aliphatic heterocycles. The van der Waals surface area contributed by atoms with Crippen LogP contribution in [0.2, 0.25) is 0 Å². The Morgan fingerprint density at radius 2 is 1.74 bits per heavy atom. The number of hydrogen-bond donors (Lipinski definition) is 1. The van der Waals surface area contributed by atoms with E-state index in [-0.39, 0.29) is 5.56 Å². The molecule has 19 heavy (non-hydrogen) atoms. The summed E-state index contributed by atoms with van der Waals surface area (Å²) in [7, 11) is 0. The molecule has 98 valence electrons. The van der Waals surface area contributed by atoms with Gasteiger partial charge in [-0.2, -0.15) is 0 Å². The van der Waals surface area contributed by atoms with Crippen LogP contribution in [0.4, 0.5) is 0 Å². The van der Waals surface area contributed by atoms with Crippen LogP contribution in [0.25, 0.3) is 11.3 Å². The number of carboxylic acid groups (broad SMARTS) is 1. The summed E-state index contributed by atoms with van der Waals surface area (Å²) < 4.78 is 0. The van der Waals surface area contributed by atoms with E-state index in [2.05, 4.69) is 31.0 Å². The van der Waals surface area contributed by atoms with Crippen LogP contribution in [0.3, 0.4) is 0 Å². The molecule has 3 heteroatoms. The SMILES string of the molecule is Cc1nc(-c2ccc(C(C)C)cc2)ccc1C(=O)O. The average molecular weight is 255 g/mol. The first kappa shape index (κ1) is 13.3. The normalized spacial score (nSPS) is 10.7. The first-order valence-electron chi connectivity index (χ1n) is 6.30. The fourth-order valence-electron chi connectivity index (χ4n) is 1.99. The second-order valence-corrected chi connectivity index (χ2v) is 4.91. The molecule has 2 rings (SSSR count). The molecule has 0 bridgehead atoms. The maximum Gasteiger partial charge on any atom is 0.337 e. The molecular weight excluding hydrogens is 238 g/mol. The predicted octanol–water partition coefficient (Wildman–Crippen LogP) is 3.88. The Hall–Kier alpha value is -2.16. The van der Waals surface area contributed by atoms with Crippen molar-refractivity contribution in [2.45, 2.75) is 26.7 Å². The highest BCUT2D eigenvalue weighted by Gasteiger charge is 2.09. The summed E-state index contributed by atoms with van der Waals surface area (Å²) in [4.78, 5) is 15.3. The van der Waals surface area contributed by atoms with Gasteiger partial charge in [0.1, 0.15) is 0 Å². The van der Waals surface area contributed by atoms with Gasteiger partial charge in [-0.15, -0.1) is 0 Å². The number of carbonyl (C=O) groups is 1. The largest absolute Gasteiger partial charge is 0.478 e. The van der Waals surface area contributed by atoms with Gasteiger partial charge in [-0.3, -0.25) is 4.98 Å². The van der Waals surface area contributed by atoms with Gasteiger partial charge in [-0.25, -0.2) is 4.79 Å². The molecule has 1 heterocycles. The number of carboxylic acids is 1. The number of aromatic carboxylic acids is 1. The molecule has 0 saturated heterocycles. The standard InChI is InChI=1S/C16H17NO2/c1-10(2)12-4-6-13(7-5-12)15-9-8-14(16(18)19)11(3)17-15/h4-10H,1-3H3,(H,18,19). The highest BCUT2D eigenvalue weighted by atomic mass is 16.4. The van der Waals surface area contributed by atoms with Crippen LogP contribution in [-0.2, 0) is 0 Å². The Bertz CT molecular complexity index is 601. The molecule has 0 aliphatic rings. The van der Waals surface area contributed by atoms with Crippen molar-refractivity contribution in [3.05, 3.63) is 53.2 Å². The van der Waals surface area contributed by atoms with Crippen LogP contribution < -0.4 is 0 Å². The van der Waals surface area contributed by atoms with Gasteiger partial charge < -0.3 is 5.11 Å². The molecule has 1 N–H and O–H groups in total. The Morgan fingerprint density at radius 1 is 1.11 bits per heavy atom. The zero-order valence-electron chi connectivity index (χ0n) is 11.3. The summed E-state index contributed by atoms with van der Waals surface area (Å²) in [5.41, 5.74) is 3.88. The zero-order valence-corrected chi connectivity index (χ0v) is 11.3. The topological polar surface area (TPSA) is 50.2 Å². The second kappa shape index (κ2) is 5.22. The highest BCUT2D eigenvalue weighted by molar-refractivity contribution is 5.89. The maximum atomic E-state index is 10.9. The third-order valence-electron chi connectivity index (χ3n) is 3.19. The maximum absolute atomic E-state index is 10.9.